The number of nitrogens with one attached hydrogen (secondary N) is 1. The molecule has 0 spiro atoms. The first-order valence-corrected chi connectivity index (χ1v) is 6.03. The second-order valence-electron chi connectivity index (χ2n) is 3.92. The van der Waals surface area contributed by atoms with Crippen molar-refractivity contribution in [1.82, 2.24) is 10.5 Å². The molecule has 0 atom stereocenters. The molecule has 0 amide bonds. The van der Waals surface area contributed by atoms with Crippen LogP contribution in [0.2, 0.25) is 0 Å². The molecule has 1 N–H and O–H groups in total. The van der Waals surface area contributed by atoms with E-state index in [-0.39, 0.29) is 0 Å². The summed E-state index contributed by atoms with van der Waals surface area (Å²) >= 11 is 0. The molecule has 0 aliphatic heterocycles. The third kappa shape index (κ3) is 6.28. The van der Waals surface area contributed by atoms with Crippen molar-refractivity contribution in [1.29, 1.82) is 0 Å². The van der Waals surface area contributed by atoms with Crippen molar-refractivity contribution >= 4 is 0 Å². The Bertz CT molecular complexity index is 222. The van der Waals surface area contributed by atoms with Gasteiger partial charge in [0.2, 0.25) is 0 Å². The van der Waals surface area contributed by atoms with Crippen molar-refractivity contribution in [3.63, 3.8) is 0 Å². The fourth-order valence-corrected chi connectivity index (χ4v) is 1.58. The molecule has 0 saturated carbocycles. The van der Waals surface area contributed by atoms with Crippen LogP contribution in [0, 0.1) is 0 Å². The van der Waals surface area contributed by atoms with Gasteiger partial charge in [0.25, 0.3) is 0 Å². The van der Waals surface area contributed by atoms with Gasteiger partial charge >= 0.3 is 0 Å². The van der Waals surface area contributed by atoms with Crippen molar-refractivity contribution in [2.75, 3.05) is 6.54 Å². The van der Waals surface area contributed by atoms with Gasteiger partial charge in [-0.05, 0) is 13.0 Å². The van der Waals surface area contributed by atoms with E-state index in [1.807, 2.05) is 6.07 Å². The molecular formula is C12H22N2O. The minimum atomic E-state index is 0.801. The molecule has 0 bridgehead atoms. The maximum absolute atomic E-state index is 4.98. The van der Waals surface area contributed by atoms with E-state index in [9.17, 15) is 0 Å². The summed E-state index contributed by atoms with van der Waals surface area (Å²) in [7, 11) is 0. The first kappa shape index (κ1) is 12.2. The number of hydrogen-bond acceptors (Lipinski definition) is 3. The second-order valence-corrected chi connectivity index (χ2v) is 3.92. The lowest BCUT2D eigenvalue weighted by atomic mass is 10.1. The average Bonchev–Trinajstić information content (AvgIpc) is 2.75. The largest absolute Gasteiger partial charge is 0.360 e. The standard InChI is InChI=1S/C12H22N2O/c1-2-3-4-5-6-7-9-13-11-12-8-10-14-15-12/h8,10,13H,2-7,9,11H2,1H3. The first-order chi connectivity index (χ1) is 7.43. The normalized spacial score (nSPS) is 10.7. The van der Waals surface area contributed by atoms with Crippen molar-refractivity contribution in [3.8, 4) is 0 Å². The fourth-order valence-electron chi connectivity index (χ4n) is 1.58. The highest BCUT2D eigenvalue weighted by Gasteiger charge is 1.95. The number of hydrogen-bond donors (Lipinski definition) is 1. The van der Waals surface area contributed by atoms with Gasteiger partial charge in [0.05, 0.1) is 12.7 Å². The van der Waals surface area contributed by atoms with Gasteiger partial charge in [0.1, 0.15) is 5.76 Å². The molecule has 1 aromatic rings. The Balaban J connectivity index is 1.81. The third-order valence-corrected chi connectivity index (χ3v) is 2.50. The molecule has 1 rings (SSSR count). The lowest BCUT2D eigenvalue weighted by Gasteiger charge is -2.02. The fraction of sp³-hybridized carbons (Fsp3) is 0.750. The maximum atomic E-state index is 4.98. The zero-order valence-electron chi connectivity index (χ0n) is 9.67. The molecule has 15 heavy (non-hydrogen) atoms. The van der Waals surface area contributed by atoms with Crippen molar-refractivity contribution in [2.24, 2.45) is 0 Å². The summed E-state index contributed by atoms with van der Waals surface area (Å²) in [6.45, 7) is 4.13. The molecule has 0 fully saturated rings. The van der Waals surface area contributed by atoms with Crippen LogP contribution in [-0.2, 0) is 6.54 Å². The van der Waals surface area contributed by atoms with Gasteiger partial charge in [0.15, 0.2) is 0 Å². The topological polar surface area (TPSA) is 38.1 Å². The van der Waals surface area contributed by atoms with Gasteiger partial charge in [0, 0.05) is 6.07 Å². The molecule has 1 aromatic heterocycles. The Kier molecular flexibility index (Phi) is 6.92. The van der Waals surface area contributed by atoms with E-state index in [1.54, 1.807) is 6.20 Å². The molecule has 0 radical (unpaired) electrons. The van der Waals surface area contributed by atoms with Gasteiger partial charge < -0.3 is 9.84 Å². The second kappa shape index (κ2) is 8.48. The maximum Gasteiger partial charge on any atom is 0.150 e. The lowest BCUT2D eigenvalue weighted by molar-refractivity contribution is 0.372. The van der Waals surface area contributed by atoms with Gasteiger partial charge in [-0.3, -0.25) is 0 Å². The highest BCUT2D eigenvalue weighted by atomic mass is 16.5. The van der Waals surface area contributed by atoms with E-state index in [4.69, 9.17) is 4.52 Å². The van der Waals surface area contributed by atoms with Crippen LogP contribution in [0.5, 0.6) is 0 Å². The lowest BCUT2D eigenvalue weighted by Crippen LogP contribution is -2.14. The summed E-state index contributed by atoms with van der Waals surface area (Å²) in [5.74, 6) is 0.918. The number of nitrogens with zero attached hydrogens (tertiary/aromatic N) is 1. The monoisotopic (exact) mass is 210 g/mol. The molecule has 0 aromatic carbocycles. The molecule has 0 saturated heterocycles. The van der Waals surface area contributed by atoms with Gasteiger partial charge in [-0.25, -0.2) is 0 Å². The molecule has 86 valence electrons. The SMILES string of the molecule is CCCCCCCCNCc1ccno1. The van der Waals surface area contributed by atoms with Crippen LogP contribution in [0.25, 0.3) is 0 Å². The number of rotatable bonds is 9. The highest BCUT2D eigenvalue weighted by Crippen LogP contribution is 2.04. The van der Waals surface area contributed by atoms with Gasteiger partial charge in [-0.2, -0.15) is 0 Å². The summed E-state index contributed by atoms with van der Waals surface area (Å²) in [6, 6.07) is 1.90. The Morgan fingerprint density at radius 1 is 1.20 bits per heavy atom. The zero-order chi connectivity index (χ0) is 10.8. The van der Waals surface area contributed by atoms with Crippen molar-refractivity contribution in [3.05, 3.63) is 18.0 Å². The molecule has 0 aliphatic carbocycles. The van der Waals surface area contributed by atoms with Crippen molar-refractivity contribution in [2.45, 2.75) is 52.0 Å². The minimum Gasteiger partial charge on any atom is -0.360 e. The van der Waals surface area contributed by atoms with E-state index in [1.165, 1.54) is 38.5 Å². The van der Waals surface area contributed by atoms with E-state index in [0.29, 0.717) is 0 Å². The number of unbranched alkanes of at least 4 members (excludes halogenated alkanes) is 5. The van der Waals surface area contributed by atoms with Crippen LogP contribution in [0.4, 0.5) is 0 Å². The molecule has 3 heteroatoms. The average molecular weight is 210 g/mol. The highest BCUT2D eigenvalue weighted by molar-refractivity contribution is 4.91. The van der Waals surface area contributed by atoms with Crippen LogP contribution in [-0.4, -0.2) is 11.7 Å². The first-order valence-electron chi connectivity index (χ1n) is 6.03. The smallest absolute Gasteiger partial charge is 0.150 e. The van der Waals surface area contributed by atoms with Crippen LogP contribution >= 0.6 is 0 Å². The summed E-state index contributed by atoms with van der Waals surface area (Å²) < 4.78 is 4.98. The van der Waals surface area contributed by atoms with E-state index >= 15 is 0 Å². The minimum absolute atomic E-state index is 0.801. The van der Waals surface area contributed by atoms with E-state index in [2.05, 4.69) is 17.4 Å². The number of aromatic nitrogens is 1. The molecule has 1 heterocycles. The Labute approximate surface area is 92.2 Å². The van der Waals surface area contributed by atoms with Crippen molar-refractivity contribution < 1.29 is 4.52 Å². The summed E-state index contributed by atoms with van der Waals surface area (Å²) in [5, 5.41) is 7.00. The third-order valence-electron chi connectivity index (χ3n) is 2.50. The van der Waals surface area contributed by atoms with Crippen LogP contribution in [0.15, 0.2) is 16.8 Å². The van der Waals surface area contributed by atoms with E-state index < -0.39 is 0 Å². The van der Waals surface area contributed by atoms with Gasteiger partial charge in [-0.1, -0.05) is 44.2 Å². The molecule has 0 unspecified atom stereocenters. The Morgan fingerprint density at radius 3 is 2.73 bits per heavy atom. The summed E-state index contributed by atoms with van der Waals surface area (Å²) in [5.41, 5.74) is 0. The van der Waals surface area contributed by atoms with E-state index in [0.717, 1.165) is 18.8 Å². The zero-order valence-corrected chi connectivity index (χ0v) is 9.67. The Morgan fingerprint density at radius 2 is 2.00 bits per heavy atom. The van der Waals surface area contributed by atoms with Crippen LogP contribution < -0.4 is 5.32 Å². The predicted molar refractivity (Wildman–Crippen MR) is 61.6 cm³/mol. The molecule has 0 aliphatic rings. The molecule has 3 nitrogen and oxygen atoms in total. The molecular weight excluding hydrogens is 188 g/mol. The Hall–Kier alpha value is -0.830. The van der Waals surface area contributed by atoms with Gasteiger partial charge in [-0.15, -0.1) is 0 Å². The summed E-state index contributed by atoms with van der Waals surface area (Å²) in [6.07, 6.45) is 9.74. The quantitative estimate of drug-likeness (QED) is 0.636. The summed E-state index contributed by atoms with van der Waals surface area (Å²) in [4.78, 5) is 0. The van der Waals surface area contributed by atoms with Crippen LogP contribution in [0.3, 0.4) is 0 Å². The predicted octanol–water partition coefficient (Wildman–Crippen LogP) is 3.12. The van der Waals surface area contributed by atoms with Crippen LogP contribution in [0.1, 0.15) is 51.2 Å².